The second-order valence-electron chi connectivity index (χ2n) is 3.03. The highest BCUT2D eigenvalue weighted by Crippen LogP contribution is 2.09. The third-order valence-corrected chi connectivity index (χ3v) is 1.000. The lowest BCUT2D eigenvalue weighted by molar-refractivity contribution is -0.154. The van der Waals surface area contributed by atoms with Crippen LogP contribution in [0.4, 0.5) is 0 Å². The number of ether oxygens (including phenoxy) is 1. The zero-order chi connectivity index (χ0) is 12.5. The first-order valence-electron chi connectivity index (χ1n) is 5.26. The van der Waals surface area contributed by atoms with Crippen molar-refractivity contribution in [3.63, 3.8) is 0 Å². The topological polar surface area (TPSA) is 26.3 Å². The van der Waals surface area contributed by atoms with E-state index in [1.807, 2.05) is 0 Å². The van der Waals surface area contributed by atoms with E-state index in [-0.39, 0.29) is 0 Å². The Morgan fingerprint density at radius 3 is 2.55 bits per heavy atom. The molecule has 0 saturated heterocycles. The number of esters is 1. The predicted molar refractivity (Wildman–Crippen MR) is 48.9 cm³/mol. The second-order valence-corrected chi connectivity index (χ2v) is 3.43. The van der Waals surface area contributed by atoms with Crippen LogP contribution in [0, 0.1) is 0 Å². The van der Waals surface area contributed by atoms with Crippen LogP contribution in [-0.2, 0) is 9.53 Å². The van der Waals surface area contributed by atoms with Crippen molar-refractivity contribution < 1.29 is 15.0 Å². The van der Waals surface area contributed by atoms with Crippen LogP contribution in [0.3, 0.4) is 0 Å². The number of carbonyl (C=O) groups excluding carboxylic acids is 1. The van der Waals surface area contributed by atoms with Crippen LogP contribution in [0.25, 0.3) is 0 Å². The van der Waals surface area contributed by atoms with Gasteiger partial charge in [-0.2, -0.15) is 0 Å². The minimum Gasteiger partial charge on any atom is -0.460 e. The van der Waals surface area contributed by atoms with E-state index in [9.17, 15) is 4.79 Å². The molecule has 0 aliphatic heterocycles. The Hall–Kier alpha value is -0.0500. The van der Waals surface area contributed by atoms with Crippen molar-refractivity contribution in [2.24, 2.45) is 0 Å². The van der Waals surface area contributed by atoms with E-state index in [2.05, 4.69) is 15.9 Å². The largest absolute Gasteiger partial charge is 0.460 e. The van der Waals surface area contributed by atoms with Crippen molar-refractivity contribution in [2.45, 2.75) is 39.2 Å². The Bertz CT molecular complexity index is 242. The monoisotopic (exact) mass is 226 g/mol. The zero-order valence-electron chi connectivity index (χ0n) is 10.9. The van der Waals surface area contributed by atoms with Crippen LogP contribution in [-0.4, -0.2) is 16.9 Å². The molecule has 0 aliphatic carbocycles. The van der Waals surface area contributed by atoms with Crippen LogP contribution in [0.2, 0.25) is 0 Å². The summed E-state index contributed by atoms with van der Waals surface area (Å²) in [4.78, 5) is 11.3. The molecule has 0 heterocycles. The molecule has 3 heteroatoms. The second kappa shape index (κ2) is 4.75. The first-order chi connectivity index (χ1) is 6.35. The molecule has 0 aliphatic rings. The number of halogens is 1. The van der Waals surface area contributed by atoms with E-state index in [0.717, 1.165) is 0 Å². The van der Waals surface area contributed by atoms with Crippen LogP contribution < -0.4 is 0 Å². The first-order valence-corrected chi connectivity index (χ1v) is 4.05. The van der Waals surface area contributed by atoms with E-state index in [1.54, 1.807) is 20.8 Å². The highest BCUT2D eigenvalue weighted by molar-refractivity contribution is 9.09. The van der Waals surface area contributed by atoms with Gasteiger partial charge in [-0.3, -0.25) is 4.79 Å². The van der Waals surface area contributed by atoms with Crippen LogP contribution in [0.5, 0.6) is 0 Å². The van der Waals surface area contributed by atoms with Crippen molar-refractivity contribution in [1.29, 1.82) is 0 Å². The van der Waals surface area contributed by atoms with Crippen LogP contribution in [0.1, 0.15) is 39.0 Å². The third kappa shape index (κ3) is 7.85. The molecule has 0 aromatic carbocycles. The van der Waals surface area contributed by atoms with Gasteiger partial charge in [-0.05, 0) is 27.1 Å². The summed E-state index contributed by atoms with van der Waals surface area (Å²) >= 11 is 2.56. The Labute approximate surface area is 82.1 Å². The molecule has 0 aromatic rings. The molecule has 0 saturated carbocycles. The van der Waals surface area contributed by atoms with Gasteiger partial charge in [0.2, 0.25) is 0 Å². The van der Waals surface area contributed by atoms with Gasteiger partial charge < -0.3 is 4.74 Å². The number of alkyl halides is 1. The minimum atomic E-state index is -2.30. The van der Waals surface area contributed by atoms with E-state index in [0.29, 0.717) is 0 Å². The summed E-state index contributed by atoms with van der Waals surface area (Å²) in [6.45, 7) is 5.01. The lowest BCUT2D eigenvalue weighted by Crippen LogP contribution is -2.23. The molecule has 11 heavy (non-hydrogen) atoms. The average molecular weight is 227 g/mol. The van der Waals surface area contributed by atoms with Gasteiger partial charge >= 0.3 is 5.97 Å². The van der Waals surface area contributed by atoms with Crippen molar-refractivity contribution >= 4 is 21.9 Å². The van der Waals surface area contributed by atoms with Gasteiger partial charge in [-0.1, -0.05) is 15.9 Å². The molecule has 0 amide bonds. The highest BCUT2D eigenvalue weighted by Gasteiger charge is 2.15. The SMILES string of the molecule is [2H]C([2H])(Br)C([2H])([2H])CC(=O)OC(C)(C)C. The Balaban J connectivity index is 4.43. The predicted octanol–water partition coefficient (Wildman–Crippen LogP) is 2.50. The number of hydrogen-bond acceptors (Lipinski definition) is 2. The smallest absolute Gasteiger partial charge is 0.306 e. The molecule has 0 rings (SSSR count). The minimum absolute atomic E-state index is 0.622. The van der Waals surface area contributed by atoms with Crippen molar-refractivity contribution in [1.82, 2.24) is 0 Å². The van der Waals surface area contributed by atoms with Gasteiger partial charge in [-0.15, -0.1) is 0 Å². The Morgan fingerprint density at radius 1 is 1.64 bits per heavy atom. The highest BCUT2D eigenvalue weighted by atomic mass is 79.9. The van der Waals surface area contributed by atoms with Crippen LogP contribution in [0.15, 0.2) is 0 Å². The van der Waals surface area contributed by atoms with E-state index < -0.39 is 29.6 Å². The fourth-order valence-corrected chi connectivity index (χ4v) is 0.623. The first kappa shape index (κ1) is 5.57. The Kier molecular flexibility index (Phi) is 2.41. The zero-order valence-corrected chi connectivity index (χ0v) is 8.49. The molecule has 0 N–H and O–H groups in total. The molecular formula is C8H15BrO2. The van der Waals surface area contributed by atoms with Gasteiger partial charge in [0.05, 0.1) is 0 Å². The number of rotatable bonds is 3. The van der Waals surface area contributed by atoms with E-state index in [1.165, 1.54) is 0 Å². The van der Waals surface area contributed by atoms with Gasteiger partial charge in [-0.25, -0.2) is 0 Å². The fourth-order valence-electron chi connectivity index (χ4n) is 0.483. The summed E-state index contributed by atoms with van der Waals surface area (Å²) in [6.07, 6.45) is -2.92. The maximum atomic E-state index is 11.3. The molecular weight excluding hydrogens is 208 g/mol. The standard InChI is InChI=1S/C8H15BrO2/c1-8(2,3)11-7(10)5-4-6-9/h4-6H2,1-3H3/i4D2,6D2. The molecule has 0 radical (unpaired) electrons. The summed E-state index contributed by atoms with van der Waals surface area (Å²) in [7, 11) is 0. The van der Waals surface area contributed by atoms with Gasteiger partial charge in [0.1, 0.15) is 5.60 Å². The van der Waals surface area contributed by atoms with E-state index >= 15 is 0 Å². The molecule has 0 unspecified atom stereocenters. The molecule has 66 valence electrons. The summed E-state index contributed by atoms with van der Waals surface area (Å²) < 4.78 is 33.9. The molecule has 0 spiro atoms. The summed E-state index contributed by atoms with van der Waals surface area (Å²) in [5, 5.41) is -2.25. The van der Waals surface area contributed by atoms with Crippen molar-refractivity contribution in [3.05, 3.63) is 0 Å². The Morgan fingerprint density at radius 2 is 2.18 bits per heavy atom. The maximum Gasteiger partial charge on any atom is 0.306 e. The quantitative estimate of drug-likeness (QED) is 0.547. The normalized spacial score (nSPS) is 19.3. The summed E-state index contributed by atoms with van der Waals surface area (Å²) in [5.41, 5.74) is -0.688. The summed E-state index contributed by atoms with van der Waals surface area (Å²) in [6, 6.07) is 0. The third-order valence-electron chi connectivity index (χ3n) is 0.720. The summed E-state index contributed by atoms with van der Waals surface area (Å²) in [5.74, 6) is -0.754. The lowest BCUT2D eigenvalue weighted by atomic mass is 10.2. The van der Waals surface area contributed by atoms with Crippen molar-refractivity contribution in [3.8, 4) is 0 Å². The van der Waals surface area contributed by atoms with Gasteiger partial charge in [0.25, 0.3) is 0 Å². The van der Waals surface area contributed by atoms with Gasteiger partial charge in [0.15, 0.2) is 0 Å². The van der Waals surface area contributed by atoms with E-state index in [4.69, 9.17) is 10.2 Å². The van der Waals surface area contributed by atoms with Crippen LogP contribution >= 0.6 is 15.9 Å². The fraction of sp³-hybridized carbons (Fsp3) is 0.875. The van der Waals surface area contributed by atoms with Crippen molar-refractivity contribution in [2.75, 3.05) is 5.28 Å². The molecule has 0 aromatic heterocycles. The maximum absolute atomic E-state index is 11.3. The molecule has 0 bridgehead atoms. The number of carbonyl (C=O) groups is 1. The molecule has 0 atom stereocenters. The lowest BCUT2D eigenvalue weighted by Gasteiger charge is -2.19. The van der Waals surface area contributed by atoms with Gasteiger partial charge in [0, 0.05) is 17.2 Å². The average Bonchev–Trinajstić information content (AvgIpc) is 1.75. The molecule has 2 nitrogen and oxygen atoms in total. The molecule has 0 fully saturated rings. The number of hydrogen-bond donors (Lipinski definition) is 0.